The number of aryl methyl sites for hydroxylation is 1. The lowest BCUT2D eigenvalue weighted by Crippen LogP contribution is -2.40. The van der Waals surface area contributed by atoms with Gasteiger partial charge in [-0.2, -0.15) is 0 Å². The summed E-state index contributed by atoms with van der Waals surface area (Å²) in [6.07, 6.45) is 1.45. The Morgan fingerprint density at radius 1 is 1.40 bits per heavy atom. The number of benzene rings is 1. The molecule has 0 aliphatic carbocycles. The molecule has 1 unspecified atom stereocenters. The summed E-state index contributed by atoms with van der Waals surface area (Å²) in [4.78, 5) is 14.2. The number of likely N-dealkylation sites (tertiary alicyclic amines) is 1. The Morgan fingerprint density at radius 3 is 2.50 bits per heavy atom. The van der Waals surface area contributed by atoms with Crippen LogP contribution in [0.2, 0.25) is 0 Å². The molecule has 1 fully saturated rings. The predicted molar refractivity (Wildman–Crippen MR) is 83.1 cm³/mol. The molecule has 1 amide bonds. The monoisotopic (exact) mass is 298 g/mol. The van der Waals surface area contributed by atoms with Gasteiger partial charge in [-0.3, -0.25) is 4.79 Å². The fourth-order valence-electron chi connectivity index (χ4n) is 2.54. The van der Waals surface area contributed by atoms with Gasteiger partial charge in [0.2, 0.25) is 0 Å². The number of rotatable bonds is 2. The van der Waals surface area contributed by atoms with Crippen LogP contribution in [0.5, 0.6) is 0 Å². The molecule has 20 heavy (non-hydrogen) atoms. The van der Waals surface area contributed by atoms with E-state index < -0.39 is 0 Å². The summed E-state index contributed by atoms with van der Waals surface area (Å²) in [5.74, 6) is 0.350. The largest absolute Gasteiger partial charge is 0.398 e. The molecule has 1 aliphatic rings. The lowest BCUT2D eigenvalue weighted by Gasteiger charge is -2.33. The van der Waals surface area contributed by atoms with Crippen LogP contribution in [-0.4, -0.2) is 35.1 Å². The van der Waals surface area contributed by atoms with Crippen molar-refractivity contribution in [2.45, 2.75) is 32.8 Å². The summed E-state index contributed by atoms with van der Waals surface area (Å²) in [5.41, 5.74) is 8.14. The molecule has 1 saturated heterocycles. The minimum atomic E-state index is -0.285. The molecule has 1 atom stereocenters. The summed E-state index contributed by atoms with van der Waals surface area (Å²) in [5, 5.41) is 9.57. The molecule has 112 valence electrons. The topological polar surface area (TPSA) is 66.6 Å². The molecular weight excluding hydrogens is 276 g/mol. The average molecular weight is 299 g/mol. The minimum Gasteiger partial charge on any atom is -0.398 e. The zero-order chi connectivity index (χ0) is 14.0. The standard InChI is InChI=1S/C15H22N2O2.ClH/c1-10-3-4-13(9-14(10)16)15(19)17-7-5-12(6-8-17)11(2)18;/h3-4,9,11-12,18H,5-8,16H2,1-2H3;1H. The third kappa shape index (κ3) is 3.64. The van der Waals surface area contributed by atoms with Gasteiger partial charge in [0.15, 0.2) is 0 Å². The Labute approximate surface area is 126 Å². The van der Waals surface area contributed by atoms with Gasteiger partial charge in [0.1, 0.15) is 0 Å². The van der Waals surface area contributed by atoms with Gasteiger partial charge in [0, 0.05) is 24.3 Å². The molecule has 0 saturated carbocycles. The molecule has 0 radical (unpaired) electrons. The fourth-order valence-corrected chi connectivity index (χ4v) is 2.54. The van der Waals surface area contributed by atoms with Crippen LogP contribution >= 0.6 is 12.4 Å². The van der Waals surface area contributed by atoms with E-state index in [9.17, 15) is 9.90 Å². The predicted octanol–water partition coefficient (Wildman–Crippen LogP) is 2.23. The SMILES string of the molecule is Cc1ccc(C(=O)N2CCC(C(C)O)CC2)cc1N.Cl. The number of hydrogen-bond donors (Lipinski definition) is 2. The molecule has 3 N–H and O–H groups in total. The van der Waals surface area contributed by atoms with E-state index in [0.29, 0.717) is 30.3 Å². The first-order chi connectivity index (χ1) is 8.99. The Hall–Kier alpha value is -1.26. The molecule has 1 aromatic carbocycles. The van der Waals surface area contributed by atoms with Crippen LogP contribution in [0.3, 0.4) is 0 Å². The Balaban J connectivity index is 0.00000200. The van der Waals surface area contributed by atoms with Gasteiger partial charge in [-0.25, -0.2) is 0 Å². The molecule has 2 rings (SSSR count). The number of aliphatic hydroxyl groups excluding tert-OH is 1. The van der Waals surface area contributed by atoms with Crippen molar-refractivity contribution in [3.8, 4) is 0 Å². The number of aliphatic hydroxyl groups is 1. The highest BCUT2D eigenvalue weighted by Gasteiger charge is 2.26. The highest BCUT2D eigenvalue weighted by atomic mass is 35.5. The second-order valence-corrected chi connectivity index (χ2v) is 5.44. The van der Waals surface area contributed by atoms with Crippen molar-refractivity contribution < 1.29 is 9.90 Å². The van der Waals surface area contributed by atoms with Crippen LogP contribution in [0.4, 0.5) is 5.69 Å². The van der Waals surface area contributed by atoms with E-state index in [4.69, 9.17) is 5.73 Å². The van der Waals surface area contributed by atoms with Gasteiger partial charge in [0.05, 0.1) is 6.10 Å². The third-order valence-electron chi connectivity index (χ3n) is 4.04. The van der Waals surface area contributed by atoms with Crippen LogP contribution in [0, 0.1) is 12.8 Å². The Morgan fingerprint density at radius 2 is 2.00 bits per heavy atom. The number of anilines is 1. The number of halogens is 1. The van der Waals surface area contributed by atoms with Crippen molar-refractivity contribution in [2.75, 3.05) is 18.8 Å². The first-order valence-electron chi connectivity index (χ1n) is 6.82. The second kappa shape index (κ2) is 6.95. The lowest BCUT2D eigenvalue weighted by atomic mass is 9.92. The van der Waals surface area contributed by atoms with E-state index in [-0.39, 0.29) is 24.4 Å². The van der Waals surface area contributed by atoms with E-state index in [1.807, 2.05) is 30.9 Å². The highest BCUT2D eigenvalue weighted by Crippen LogP contribution is 2.22. The van der Waals surface area contributed by atoms with E-state index in [1.54, 1.807) is 6.07 Å². The van der Waals surface area contributed by atoms with Crippen LogP contribution in [0.1, 0.15) is 35.7 Å². The summed E-state index contributed by atoms with van der Waals surface area (Å²) in [6.45, 7) is 5.17. The summed E-state index contributed by atoms with van der Waals surface area (Å²) >= 11 is 0. The fraction of sp³-hybridized carbons (Fsp3) is 0.533. The van der Waals surface area contributed by atoms with Gasteiger partial charge >= 0.3 is 0 Å². The maximum absolute atomic E-state index is 12.3. The first-order valence-corrected chi connectivity index (χ1v) is 6.82. The average Bonchev–Trinajstić information content (AvgIpc) is 2.41. The third-order valence-corrected chi connectivity index (χ3v) is 4.04. The smallest absolute Gasteiger partial charge is 0.253 e. The van der Waals surface area contributed by atoms with Gasteiger partial charge < -0.3 is 15.7 Å². The number of carbonyl (C=O) groups excluding carboxylic acids is 1. The number of nitrogen functional groups attached to an aromatic ring is 1. The van der Waals surface area contributed by atoms with Gasteiger partial charge in [-0.15, -0.1) is 12.4 Å². The molecule has 1 aliphatic heterocycles. The molecule has 0 aromatic heterocycles. The van der Waals surface area contributed by atoms with E-state index >= 15 is 0 Å². The molecule has 5 heteroatoms. The molecule has 0 spiro atoms. The van der Waals surface area contributed by atoms with Crippen LogP contribution in [-0.2, 0) is 0 Å². The molecular formula is C15H23ClN2O2. The summed E-state index contributed by atoms with van der Waals surface area (Å²) < 4.78 is 0. The highest BCUT2D eigenvalue weighted by molar-refractivity contribution is 5.95. The van der Waals surface area contributed by atoms with Crippen LogP contribution in [0.25, 0.3) is 0 Å². The van der Waals surface area contributed by atoms with Crippen LogP contribution in [0.15, 0.2) is 18.2 Å². The molecule has 0 bridgehead atoms. The number of nitrogens with zero attached hydrogens (tertiary/aromatic N) is 1. The summed E-state index contributed by atoms with van der Waals surface area (Å²) in [7, 11) is 0. The minimum absolute atomic E-state index is 0. The van der Waals surface area contributed by atoms with E-state index in [0.717, 1.165) is 18.4 Å². The van der Waals surface area contributed by atoms with Crippen molar-refractivity contribution in [3.05, 3.63) is 29.3 Å². The number of hydrogen-bond acceptors (Lipinski definition) is 3. The van der Waals surface area contributed by atoms with Crippen molar-refractivity contribution in [1.82, 2.24) is 4.90 Å². The second-order valence-electron chi connectivity index (χ2n) is 5.44. The van der Waals surface area contributed by atoms with Crippen molar-refractivity contribution in [2.24, 2.45) is 5.92 Å². The Bertz CT molecular complexity index is 469. The van der Waals surface area contributed by atoms with E-state index in [2.05, 4.69) is 0 Å². The quantitative estimate of drug-likeness (QED) is 0.823. The lowest BCUT2D eigenvalue weighted by molar-refractivity contribution is 0.0521. The van der Waals surface area contributed by atoms with Crippen molar-refractivity contribution in [1.29, 1.82) is 0 Å². The van der Waals surface area contributed by atoms with E-state index in [1.165, 1.54) is 0 Å². The summed E-state index contributed by atoms with van der Waals surface area (Å²) in [6, 6.07) is 5.46. The van der Waals surface area contributed by atoms with Gasteiger partial charge in [-0.05, 0) is 50.3 Å². The zero-order valence-electron chi connectivity index (χ0n) is 12.0. The number of piperidine rings is 1. The maximum atomic E-state index is 12.3. The number of amides is 1. The Kier molecular flexibility index (Phi) is 5.84. The number of nitrogens with two attached hydrogens (primary N) is 1. The normalized spacial score (nSPS) is 17.4. The zero-order valence-corrected chi connectivity index (χ0v) is 12.8. The maximum Gasteiger partial charge on any atom is 0.253 e. The molecule has 1 aromatic rings. The van der Waals surface area contributed by atoms with Gasteiger partial charge in [0.25, 0.3) is 5.91 Å². The van der Waals surface area contributed by atoms with Crippen molar-refractivity contribution in [3.63, 3.8) is 0 Å². The van der Waals surface area contributed by atoms with Crippen LogP contribution < -0.4 is 5.73 Å². The van der Waals surface area contributed by atoms with Crippen molar-refractivity contribution >= 4 is 24.0 Å². The number of carbonyl (C=O) groups is 1. The first kappa shape index (κ1) is 16.8. The molecule has 1 heterocycles. The molecule has 4 nitrogen and oxygen atoms in total. The van der Waals surface area contributed by atoms with Gasteiger partial charge in [-0.1, -0.05) is 6.07 Å².